The van der Waals surface area contributed by atoms with Crippen LogP contribution in [0.4, 0.5) is 0 Å². The Labute approximate surface area is 241 Å². The summed E-state index contributed by atoms with van der Waals surface area (Å²) in [6.45, 7) is 5.86. The average molecular weight is 525 g/mol. The molecule has 0 bridgehead atoms. The van der Waals surface area contributed by atoms with Crippen molar-refractivity contribution >= 4 is 40.1 Å². The third kappa shape index (κ3) is 7.05. The first kappa shape index (κ1) is 28.5. The normalized spacial score (nSPS) is 11.9. The van der Waals surface area contributed by atoms with Crippen LogP contribution in [0, 0.1) is 0 Å². The molecule has 0 saturated heterocycles. The van der Waals surface area contributed by atoms with Gasteiger partial charge in [-0.25, -0.2) is 0 Å². The Morgan fingerprint density at radius 2 is 1.46 bits per heavy atom. The van der Waals surface area contributed by atoms with Crippen LogP contribution in [0.3, 0.4) is 0 Å². The van der Waals surface area contributed by atoms with Gasteiger partial charge in [0.1, 0.15) is 28.1 Å². The molecule has 184 valence electrons. The van der Waals surface area contributed by atoms with Crippen molar-refractivity contribution in [3.8, 4) is 11.5 Å². The minimum atomic E-state index is -1.44. The van der Waals surface area contributed by atoms with Gasteiger partial charge >= 0.3 is 29.6 Å². The topological polar surface area (TPSA) is 101 Å². The van der Waals surface area contributed by atoms with Gasteiger partial charge in [-0.3, -0.25) is 4.79 Å². The number of carbonyl (C=O) groups is 2. The summed E-state index contributed by atoms with van der Waals surface area (Å²) in [5.41, 5.74) is 2.20. The van der Waals surface area contributed by atoms with E-state index >= 15 is 0 Å². The summed E-state index contributed by atoms with van der Waals surface area (Å²) in [6, 6.07) is 18.7. The molecule has 0 atom stereocenters. The van der Waals surface area contributed by atoms with Crippen LogP contribution >= 0.6 is 11.7 Å². The van der Waals surface area contributed by atoms with Gasteiger partial charge in [-0.05, 0) is 80.4 Å². The molecule has 0 spiro atoms. The molecular formula is C28H25N2NaO5S. The van der Waals surface area contributed by atoms with Crippen LogP contribution < -0.4 is 44.1 Å². The van der Waals surface area contributed by atoms with E-state index in [1.54, 1.807) is 42.5 Å². The van der Waals surface area contributed by atoms with E-state index in [-0.39, 0.29) is 52.7 Å². The monoisotopic (exact) mass is 524 g/mol. The molecule has 37 heavy (non-hydrogen) atoms. The summed E-state index contributed by atoms with van der Waals surface area (Å²) in [7, 11) is 1.53. The minimum Gasteiger partial charge on any atom is -0.545 e. The van der Waals surface area contributed by atoms with Crippen molar-refractivity contribution in [3.63, 3.8) is 0 Å². The molecule has 0 aliphatic carbocycles. The first-order valence-corrected chi connectivity index (χ1v) is 12.0. The van der Waals surface area contributed by atoms with Crippen LogP contribution in [0.1, 0.15) is 42.3 Å². The Balaban J connectivity index is 0.00000380. The second-order valence-electron chi connectivity index (χ2n) is 9.20. The third-order valence-corrected chi connectivity index (χ3v) is 5.96. The maximum absolute atomic E-state index is 13.7. The van der Waals surface area contributed by atoms with Gasteiger partial charge < -0.3 is 19.4 Å². The molecule has 1 heterocycles. The quantitative estimate of drug-likeness (QED) is 0.196. The van der Waals surface area contributed by atoms with Crippen molar-refractivity contribution in [1.29, 1.82) is 0 Å². The number of carboxylic acid groups (broad SMARTS) is 1. The maximum Gasteiger partial charge on any atom is 1.00 e. The number of aromatic nitrogens is 2. The first-order valence-electron chi connectivity index (χ1n) is 11.3. The zero-order valence-corrected chi connectivity index (χ0v) is 24.2. The van der Waals surface area contributed by atoms with Crippen molar-refractivity contribution in [3.05, 3.63) is 89.0 Å². The fourth-order valence-corrected chi connectivity index (χ4v) is 4.30. The summed E-state index contributed by atoms with van der Waals surface area (Å²) in [5, 5.41) is 12.5. The predicted molar refractivity (Wildman–Crippen MR) is 137 cm³/mol. The number of hydrogen-bond acceptors (Lipinski definition) is 8. The van der Waals surface area contributed by atoms with E-state index in [1.807, 2.05) is 45.0 Å². The molecule has 7 nitrogen and oxygen atoms in total. The summed E-state index contributed by atoms with van der Waals surface area (Å²) < 4.78 is 19.4. The minimum absolute atomic E-state index is 0. The Bertz CT molecular complexity index is 1440. The van der Waals surface area contributed by atoms with E-state index in [0.29, 0.717) is 33.7 Å². The standard InChI is InChI=1S/C28H26N2O5S.Na/c1-28(2,3)35-21-10-5-17(6-11-21)15-22(26(31)18-7-12-20(34-4)13-8-18)25(27(32)33)19-9-14-23-24(16-19)30-36-29-23;/h5-14,16H,15H2,1-4H3,(H,32,33);/q;+1/p-1/b25-22-;. The van der Waals surface area contributed by atoms with E-state index < -0.39 is 11.8 Å². The van der Waals surface area contributed by atoms with E-state index in [9.17, 15) is 14.7 Å². The second kappa shape index (κ2) is 12.0. The van der Waals surface area contributed by atoms with Gasteiger partial charge in [0, 0.05) is 23.1 Å². The van der Waals surface area contributed by atoms with Gasteiger partial charge in [0.05, 0.1) is 24.8 Å². The molecule has 0 saturated carbocycles. The van der Waals surface area contributed by atoms with Crippen LogP contribution in [-0.4, -0.2) is 33.2 Å². The van der Waals surface area contributed by atoms with Crippen molar-refractivity contribution in [2.75, 3.05) is 7.11 Å². The average Bonchev–Trinajstić information content (AvgIpc) is 3.31. The number of rotatable bonds is 8. The molecule has 0 aliphatic rings. The fourth-order valence-electron chi connectivity index (χ4n) is 3.78. The number of benzene rings is 3. The van der Waals surface area contributed by atoms with Gasteiger partial charge in [0.25, 0.3) is 0 Å². The third-order valence-electron chi connectivity index (χ3n) is 5.40. The van der Waals surface area contributed by atoms with Gasteiger partial charge in [-0.1, -0.05) is 18.2 Å². The predicted octanol–water partition coefficient (Wildman–Crippen LogP) is 1.51. The number of methoxy groups -OCH3 is 1. The van der Waals surface area contributed by atoms with Crippen LogP contribution in [-0.2, 0) is 11.2 Å². The van der Waals surface area contributed by atoms with Crippen LogP contribution in [0.5, 0.6) is 11.5 Å². The van der Waals surface area contributed by atoms with Crippen LogP contribution in [0.25, 0.3) is 16.6 Å². The number of allylic oxidation sites excluding steroid dienone is 1. The fraction of sp³-hybridized carbons (Fsp3) is 0.214. The number of aliphatic carboxylic acids is 1. The Morgan fingerprint density at radius 3 is 2.05 bits per heavy atom. The summed E-state index contributed by atoms with van der Waals surface area (Å²) >= 11 is 1.03. The van der Waals surface area contributed by atoms with Gasteiger partial charge in [-0.15, -0.1) is 0 Å². The van der Waals surface area contributed by atoms with Gasteiger partial charge in [-0.2, -0.15) is 8.75 Å². The molecule has 3 aromatic carbocycles. The largest absolute Gasteiger partial charge is 1.00 e. The van der Waals surface area contributed by atoms with E-state index in [0.717, 1.165) is 17.3 Å². The molecule has 0 radical (unpaired) electrons. The number of ether oxygens (including phenoxy) is 2. The van der Waals surface area contributed by atoms with Crippen molar-refractivity contribution in [1.82, 2.24) is 8.75 Å². The molecule has 0 unspecified atom stereocenters. The molecule has 0 amide bonds. The number of fused-ring (bicyclic) bond motifs is 1. The van der Waals surface area contributed by atoms with Crippen molar-refractivity contribution < 1.29 is 53.7 Å². The molecule has 1 aromatic heterocycles. The Hall–Kier alpha value is -3.04. The number of carbonyl (C=O) groups excluding carboxylic acids is 2. The van der Waals surface area contributed by atoms with Gasteiger partial charge in [0.15, 0.2) is 5.78 Å². The van der Waals surface area contributed by atoms with Crippen molar-refractivity contribution in [2.45, 2.75) is 32.8 Å². The SMILES string of the molecule is COc1ccc(C(=O)/C(Cc2ccc(OC(C)(C)C)cc2)=C(\C(=O)[O-])c2ccc3nsnc3c2)cc1.[Na+]. The molecule has 0 aliphatic heterocycles. The Morgan fingerprint density at radius 1 is 0.865 bits per heavy atom. The summed E-state index contributed by atoms with van der Waals surface area (Å²) in [5.74, 6) is -0.585. The van der Waals surface area contributed by atoms with E-state index in [1.165, 1.54) is 7.11 Å². The summed E-state index contributed by atoms with van der Waals surface area (Å²) in [6.07, 6.45) is 0.0807. The number of Topliss-reactive ketones (excluding diaryl/α,β-unsaturated/α-hetero) is 1. The number of ketones is 1. The maximum atomic E-state index is 13.7. The second-order valence-corrected chi connectivity index (χ2v) is 9.73. The van der Waals surface area contributed by atoms with Gasteiger partial charge in [0.2, 0.25) is 0 Å². The van der Waals surface area contributed by atoms with Crippen molar-refractivity contribution in [2.24, 2.45) is 0 Å². The molecule has 4 aromatic rings. The number of hydrogen-bond donors (Lipinski definition) is 0. The molecule has 0 N–H and O–H groups in total. The molecule has 0 fully saturated rings. The Kier molecular flexibility index (Phi) is 9.26. The van der Waals surface area contributed by atoms with E-state index in [2.05, 4.69) is 8.75 Å². The van der Waals surface area contributed by atoms with Crippen LogP contribution in [0.15, 0.2) is 72.3 Å². The molecule has 4 rings (SSSR count). The first-order chi connectivity index (χ1) is 17.1. The van der Waals surface area contributed by atoms with Crippen LogP contribution in [0.2, 0.25) is 0 Å². The molecule has 9 heteroatoms. The molecular weight excluding hydrogens is 499 g/mol. The number of carboxylic acids is 1. The number of nitrogens with zero attached hydrogens (tertiary/aromatic N) is 2. The zero-order chi connectivity index (χ0) is 25.9. The zero-order valence-electron chi connectivity index (χ0n) is 21.4. The smallest absolute Gasteiger partial charge is 0.545 e. The summed E-state index contributed by atoms with van der Waals surface area (Å²) in [4.78, 5) is 26.2. The van der Waals surface area contributed by atoms with E-state index in [4.69, 9.17) is 9.47 Å².